The minimum absolute atomic E-state index is 0.0267. The molecule has 106 valence electrons. The summed E-state index contributed by atoms with van der Waals surface area (Å²) in [6.45, 7) is 7.08. The van der Waals surface area contributed by atoms with Gasteiger partial charge in [0.1, 0.15) is 18.0 Å². The van der Waals surface area contributed by atoms with Crippen molar-refractivity contribution in [1.82, 2.24) is 15.3 Å². The number of hydrogen-bond acceptors (Lipinski definition) is 5. The largest absolute Gasteiger partial charge is 0.373 e. The van der Waals surface area contributed by atoms with Crippen molar-refractivity contribution in [2.45, 2.75) is 33.1 Å². The van der Waals surface area contributed by atoms with Gasteiger partial charge in [-0.25, -0.2) is 9.97 Å². The van der Waals surface area contributed by atoms with E-state index >= 15 is 0 Å². The van der Waals surface area contributed by atoms with Crippen LogP contribution in [0, 0.1) is 0 Å². The van der Waals surface area contributed by atoms with Crippen LogP contribution in [0.5, 0.6) is 0 Å². The molecular weight excluding hydrogens is 242 g/mol. The Morgan fingerprint density at radius 1 is 1.32 bits per heavy atom. The fraction of sp³-hybridized carbons (Fsp3) is 0.615. The van der Waals surface area contributed by atoms with Gasteiger partial charge in [0.05, 0.1) is 6.54 Å². The second-order valence-electron chi connectivity index (χ2n) is 4.59. The number of nitrogens with one attached hydrogen (secondary N) is 3. The van der Waals surface area contributed by atoms with Crippen molar-refractivity contribution in [3.05, 3.63) is 11.9 Å². The number of amides is 1. The molecule has 0 bridgehead atoms. The molecule has 0 radical (unpaired) electrons. The van der Waals surface area contributed by atoms with E-state index < -0.39 is 0 Å². The van der Waals surface area contributed by atoms with Crippen molar-refractivity contribution >= 4 is 17.5 Å². The van der Waals surface area contributed by atoms with E-state index in [-0.39, 0.29) is 18.4 Å². The minimum Gasteiger partial charge on any atom is -0.373 e. The standard InChI is InChI=1S/C13H23N5O/c1-5-6-15-10(19)7-16-13-11(9(2)3)12(14-4)17-8-18-13/h8-9H,5-7H2,1-4H3,(H,15,19)(H2,14,16,17,18). The Bertz CT molecular complexity index is 419. The third-order valence-corrected chi connectivity index (χ3v) is 2.69. The quantitative estimate of drug-likeness (QED) is 0.697. The van der Waals surface area contributed by atoms with Crippen LogP contribution in [0.25, 0.3) is 0 Å². The lowest BCUT2D eigenvalue weighted by molar-refractivity contribution is -0.119. The van der Waals surface area contributed by atoms with E-state index in [1.165, 1.54) is 6.33 Å². The lowest BCUT2D eigenvalue weighted by atomic mass is 10.0. The van der Waals surface area contributed by atoms with Crippen LogP contribution in [0.4, 0.5) is 11.6 Å². The third kappa shape index (κ3) is 4.39. The van der Waals surface area contributed by atoms with Gasteiger partial charge in [0.25, 0.3) is 0 Å². The zero-order chi connectivity index (χ0) is 14.3. The van der Waals surface area contributed by atoms with Gasteiger partial charge in [-0.1, -0.05) is 20.8 Å². The van der Waals surface area contributed by atoms with Crippen molar-refractivity contribution in [1.29, 1.82) is 0 Å². The topological polar surface area (TPSA) is 78.9 Å². The van der Waals surface area contributed by atoms with Crippen molar-refractivity contribution in [3.8, 4) is 0 Å². The molecule has 0 spiro atoms. The predicted molar refractivity (Wildman–Crippen MR) is 77.5 cm³/mol. The molecule has 0 unspecified atom stereocenters. The summed E-state index contributed by atoms with van der Waals surface area (Å²) in [5.41, 5.74) is 0.994. The normalized spacial score (nSPS) is 10.4. The van der Waals surface area contributed by atoms with Crippen molar-refractivity contribution < 1.29 is 4.79 Å². The number of aromatic nitrogens is 2. The van der Waals surface area contributed by atoms with E-state index in [0.29, 0.717) is 12.4 Å². The summed E-state index contributed by atoms with van der Waals surface area (Å²) in [6, 6.07) is 0. The summed E-state index contributed by atoms with van der Waals surface area (Å²) >= 11 is 0. The smallest absolute Gasteiger partial charge is 0.239 e. The molecule has 6 heteroatoms. The lowest BCUT2D eigenvalue weighted by Crippen LogP contribution is -2.30. The average molecular weight is 265 g/mol. The van der Waals surface area contributed by atoms with Gasteiger partial charge in [-0.05, 0) is 12.3 Å². The first-order chi connectivity index (χ1) is 9.10. The first-order valence-electron chi connectivity index (χ1n) is 6.63. The summed E-state index contributed by atoms with van der Waals surface area (Å²) < 4.78 is 0. The molecule has 1 rings (SSSR count). The second-order valence-corrected chi connectivity index (χ2v) is 4.59. The van der Waals surface area contributed by atoms with Crippen molar-refractivity contribution in [2.24, 2.45) is 0 Å². The third-order valence-electron chi connectivity index (χ3n) is 2.69. The van der Waals surface area contributed by atoms with Gasteiger partial charge in [-0.15, -0.1) is 0 Å². The predicted octanol–water partition coefficient (Wildman–Crippen LogP) is 1.58. The molecule has 0 aromatic carbocycles. The maximum atomic E-state index is 11.6. The van der Waals surface area contributed by atoms with Gasteiger partial charge in [0, 0.05) is 19.2 Å². The summed E-state index contributed by atoms with van der Waals surface area (Å²) in [5, 5.41) is 8.94. The maximum absolute atomic E-state index is 11.6. The summed E-state index contributed by atoms with van der Waals surface area (Å²) in [6.07, 6.45) is 2.42. The summed E-state index contributed by atoms with van der Waals surface area (Å²) in [5.74, 6) is 1.74. The number of nitrogens with zero attached hydrogens (tertiary/aromatic N) is 2. The van der Waals surface area contributed by atoms with Crippen LogP contribution < -0.4 is 16.0 Å². The molecule has 0 aliphatic rings. The first-order valence-corrected chi connectivity index (χ1v) is 6.63. The molecule has 0 saturated carbocycles. The molecular formula is C13H23N5O. The van der Waals surface area contributed by atoms with E-state index in [4.69, 9.17) is 0 Å². The molecule has 3 N–H and O–H groups in total. The molecule has 1 heterocycles. The van der Waals surface area contributed by atoms with Crippen LogP contribution in [0.3, 0.4) is 0 Å². The van der Waals surface area contributed by atoms with Crippen LogP contribution in [-0.4, -0.2) is 36.0 Å². The fourth-order valence-corrected chi connectivity index (χ4v) is 1.77. The summed E-state index contributed by atoms with van der Waals surface area (Å²) in [7, 11) is 1.83. The van der Waals surface area contributed by atoms with Crippen molar-refractivity contribution in [3.63, 3.8) is 0 Å². The van der Waals surface area contributed by atoms with Crippen LogP contribution >= 0.6 is 0 Å². The molecule has 19 heavy (non-hydrogen) atoms. The van der Waals surface area contributed by atoms with Crippen LogP contribution in [0.15, 0.2) is 6.33 Å². The van der Waals surface area contributed by atoms with E-state index in [1.807, 2.05) is 14.0 Å². The fourth-order valence-electron chi connectivity index (χ4n) is 1.77. The SMILES string of the molecule is CCCNC(=O)CNc1ncnc(NC)c1C(C)C. The Morgan fingerprint density at radius 3 is 2.58 bits per heavy atom. The van der Waals surface area contributed by atoms with E-state index in [1.54, 1.807) is 0 Å². The molecule has 1 aromatic rings. The highest BCUT2D eigenvalue weighted by molar-refractivity contribution is 5.80. The number of hydrogen-bond donors (Lipinski definition) is 3. The second kappa shape index (κ2) is 7.56. The minimum atomic E-state index is -0.0267. The molecule has 1 amide bonds. The Morgan fingerprint density at radius 2 is 2.00 bits per heavy atom. The molecule has 0 fully saturated rings. The Balaban J connectivity index is 2.75. The number of carbonyl (C=O) groups excluding carboxylic acids is 1. The number of anilines is 2. The molecule has 0 aliphatic heterocycles. The molecule has 1 aromatic heterocycles. The molecule has 0 atom stereocenters. The molecule has 6 nitrogen and oxygen atoms in total. The zero-order valence-corrected chi connectivity index (χ0v) is 12.1. The highest BCUT2D eigenvalue weighted by Crippen LogP contribution is 2.27. The van der Waals surface area contributed by atoms with Crippen LogP contribution in [0.1, 0.15) is 38.7 Å². The van der Waals surface area contributed by atoms with E-state index in [2.05, 4.69) is 39.8 Å². The van der Waals surface area contributed by atoms with Gasteiger partial charge in [0.15, 0.2) is 0 Å². The Labute approximate surface area is 114 Å². The average Bonchev–Trinajstić information content (AvgIpc) is 2.41. The van der Waals surface area contributed by atoms with Gasteiger partial charge in [0.2, 0.25) is 5.91 Å². The maximum Gasteiger partial charge on any atom is 0.239 e. The first kappa shape index (κ1) is 15.2. The summed E-state index contributed by atoms with van der Waals surface area (Å²) in [4.78, 5) is 20.0. The monoisotopic (exact) mass is 265 g/mol. The van der Waals surface area contributed by atoms with Gasteiger partial charge >= 0.3 is 0 Å². The molecule has 0 aliphatic carbocycles. The van der Waals surface area contributed by atoms with Gasteiger partial charge in [-0.3, -0.25) is 4.79 Å². The lowest BCUT2D eigenvalue weighted by Gasteiger charge is -2.16. The highest BCUT2D eigenvalue weighted by Gasteiger charge is 2.14. The van der Waals surface area contributed by atoms with Crippen molar-refractivity contribution in [2.75, 3.05) is 30.8 Å². The van der Waals surface area contributed by atoms with E-state index in [0.717, 1.165) is 17.8 Å². The van der Waals surface area contributed by atoms with Gasteiger partial charge in [-0.2, -0.15) is 0 Å². The number of rotatable bonds is 7. The van der Waals surface area contributed by atoms with Crippen LogP contribution in [-0.2, 0) is 4.79 Å². The Kier molecular flexibility index (Phi) is 6.05. The number of carbonyl (C=O) groups is 1. The van der Waals surface area contributed by atoms with Gasteiger partial charge < -0.3 is 16.0 Å². The molecule has 0 saturated heterocycles. The van der Waals surface area contributed by atoms with E-state index in [9.17, 15) is 4.79 Å². The Hall–Kier alpha value is -1.85. The highest BCUT2D eigenvalue weighted by atomic mass is 16.1. The zero-order valence-electron chi connectivity index (χ0n) is 12.1. The van der Waals surface area contributed by atoms with Crippen LogP contribution in [0.2, 0.25) is 0 Å².